The summed E-state index contributed by atoms with van der Waals surface area (Å²) in [6, 6.07) is 24.8. The molecule has 0 aliphatic carbocycles. The molecule has 3 aromatic carbocycles. The molecular weight excluding hydrogens is 398 g/mol. The van der Waals surface area contributed by atoms with Crippen LogP contribution < -0.4 is 0 Å². The lowest BCUT2D eigenvalue weighted by Gasteiger charge is -1.99. The van der Waals surface area contributed by atoms with Crippen molar-refractivity contribution in [3.8, 4) is 28.3 Å². The van der Waals surface area contributed by atoms with Crippen molar-refractivity contribution in [1.29, 1.82) is 0 Å². The van der Waals surface area contributed by atoms with Crippen molar-refractivity contribution in [2.45, 2.75) is 6.92 Å². The van der Waals surface area contributed by atoms with Gasteiger partial charge in [0, 0.05) is 28.1 Å². The molecule has 0 unspecified atom stereocenters. The second-order valence-corrected chi connectivity index (χ2v) is 7.32. The van der Waals surface area contributed by atoms with Crippen LogP contribution in [0.25, 0.3) is 39.2 Å². The number of rotatable bonds is 4. The number of fused-ring (bicyclic) bond motifs is 1. The van der Waals surface area contributed by atoms with Gasteiger partial charge in [-0.15, -0.1) is 5.10 Å². The van der Waals surface area contributed by atoms with Crippen LogP contribution in [0.15, 0.2) is 83.3 Å². The molecular formula is C24H16ClN3O2. The van der Waals surface area contributed by atoms with E-state index in [0.717, 1.165) is 39.2 Å². The van der Waals surface area contributed by atoms with E-state index in [1.807, 2.05) is 73.7 Å². The number of carbonyl (C=O) groups excluding carboxylic acids is 1. The predicted octanol–water partition coefficient (Wildman–Crippen LogP) is 6.03. The van der Waals surface area contributed by atoms with Gasteiger partial charge in [0.05, 0.1) is 11.4 Å². The fourth-order valence-corrected chi connectivity index (χ4v) is 3.54. The van der Waals surface area contributed by atoms with Gasteiger partial charge in [-0.2, -0.15) is 9.90 Å². The predicted molar refractivity (Wildman–Crippen MR) is 117 cm³/mol. The van der Waals surface area contributed by atoms with E-state index in [2.05, 4.69) is 10.2 Å². The highest BCUT2D eigenvalue weighted by molar-refractivity contribution is 6.67. The van der Waals surface area contributed by atoms with Crippen molar-refractivity contribution in [2.75, 3.05) is 0 Å². The number of hydrogen-bond donors (Lipinski definition) is 0. The number of aromatic nitrogens is 3. The summed E-state index contributed by atoms with van der Waals surface area (Å²) in [5.74, 6) is 0.713. The van der Waals surface area contributed by atoms with Crippen molar-refractivity contribution in [3.05, 3.63) is 90.1 Å². The SMILES string of the molecule is Cc1nn(-c2ccc3cc(-c4ccc(C(=O)Cl)cc4)oc3c2)nc1-c1ccccc1. The summed E-state index contributed by atoms with van der Waals surface area (Å²) < 4.78 is 6.05. The van der Waals surface area contributed by atoms with E-state index in [-0.39, 0.29) is 0 Å². The van der Waals surface area contributed by atoms with E-state index < -0.39 is 5.24 Å². The molecule has 5 nitrogen and oxygen atoms in total. The number of hydrogen-bond acceptors (Lipinski definition) is 4. The van der Waals surface area contributed by atoms with Crippen molar-refractivity contribution >= 4 is 27.8 Å². The van der Waals surface area contributed by atoms with Crippen molar-refractivity contribution in [1.82, 2.24) is 15.0 Å². The maximum absolute atomic E-state index is 11.3. The van der Waals surface area contributed by atoms with Crippen LogP contribution in [0.2, 0.25) is 0 Å². The molecule has 0 saturated heterocycles. The summed E-state index contributed by atoms with van der Waals surface area (Å²) in [6.45, 7) is 1.95. The second-order valence-electron chi connectivity index (χ2n) is 6.97. The molecule has 0 aliphatic heterocycles. The zero-order valence-corrected chi connectivity index (χ0v) is 16.8. The Hall–Kier alpha value is -3.70. The molecule has 0 amide bonds. The third kappa shape index (κ3) is 3.29. The first kappa shape index (κ1) is 18.3. The molecule has 146 valence electrons. The van der Waals surface area contributed by atoms with Gasteiger partial charge in [0.15, 0.2) is 0 Å². The summed E-state index contributed by atoms with van der Waals surface area (Å²) in [5, 5.41) is 9.73. The quantitative estimate of drug-likeness (QED) is 0.337. The lowest BCUT2D eigenvalue weighted by atomic mass is 10.1. The Bertz CT molecular complexity index is 1370. The number of benzene rings is 3. The first-order valence-corrected chi connectivity index (χ1v) is 9.80. The van der Waals surface area contributed by atoms with Gasteiger partial charge in [-0.25, -0.2) is 0 Å². The lowest BCUT2D eigenvalue weighted by molar-refractivity contribution is 0.108. The summed E-state index contributed by atoms with van der Waals surface area (Å²) in [7, 11) is 0. The number of aryl methyl sites for hydroxylation is 1. The fourth-order valence-electron chi connectivity index (χ4n) is 3.41. The molecule has 0 spiro atoms. The number of furan rings is 1. The molecule has 0 bridgehead atoms. The molecule has 0 aliphatic rings. The van der Waals surface area contributed by atoms with Crippen LogP contribution in [0, 0.1) is 6.92 Å². The Labute approximate surface area is 177 Å². The maximum Gasteiger partial charge on any atom is 0.252 e. The number of halogens is 1. The zero-order chi connectivity index (χ0) is 20.7. The van der Waals surface area contributed by atoms with Gasteiger partial charge in [0.25, 0.3) is 5.24 Å². The van der Waals surface area contributed by atoms with Crippen LogP contribution in [-0.2, 0) is 0 Å². The lowest BCUT2D eigenvalue weighted by Crippen LogP contribution is -1.98. The molecule has 0 fully saturated rings. The second kappa shape index (κ2) is 7.28. The van der Waals surface area contributed by atoms with Gasteiger partial charge in [0.1, 0.15) is 17.0 Å². The first-order valence-electron chi connectivity index (χ1n) is 9.42. The maximum atomic E-state index is 11.3. The van der Waals surface area contributed by atoms with E-state index in [0.29, 0.717) is 11.3 Å². The third-order valence-corrected chi connectivity index (χ3v) is 5.18. The summed E-state index contributed by atoms with van der Waals surface area (Å²) >= 11 is 5.52. The minimum Gasteiger partial charge on any atom is -0.456 e. The fraction of sp³-hybridized carbons (Fsp3) is 0.0417. The van der Waals surface area contributed by atoms with E-state index >= 15 is 0 Å². The average molecular weight is 414 g/mol. The van der Waals surface area contributed by atoms with Gasteiger partial charge in [-0.05, 0) is 48.9 Å². The van der Waals surface area contributed by atoms with Crippen LogP contribution >= 0.6 is 11.6 Å². The standard InChI is InChI=1S/C24H16ClN3O2/c1-15-23(17-5-3-2-4-6-17)27-28(26-15)20-12-11-19-13-21(30-22(19)14-20)16-7-9-18(10-8-16)24(25)29/h2-14H,1H3. The molecule has 5 rings (SSSR count). The van der Waals surface area contributed by atoms with E-state index in [1.165, 1.54) is 0 Å². The minimum atomic E-state index is -0.479. The van der Waals surface area contributed by atoms with Crippen LogP contribution in [-0.4, -0.2) is 20.2 Å². The van der Waals surface area contributed by atoms with E-state index in [4.69, 9.17) is 16.0 Å². The highest BCUT2D eigenvalue weighted by Gasteiger charge is 2.13. The van der Waals surface area contributed by atoms with E-state index in [1.54, 1.807) is 16.9 Å². The largest absolute Gasteiger partial charge is 0.456 e. The molecule has 2 aromatic heterocycles. The Balaban J connectivity index is 1.51. The highest BCUT2D eigenvalue weighted by Crippen LogP contribution is 2.30. The average Bonchev–Trinajstić information content (AvgIpc) is 3.37. The molecule has 0 N–H and O–H groups in total. The van der Waals surface area contributed by atoms with Gasteiger partial charge < -0.3 is 4.42 Å². The molecule has 5 aromatic rings. The van der Waals surface area contributed by atoms with Gasteiger partial charge in [0.2, 0.25) is 0 Å². The monoisotopic (exact) mass is 413 g/mol. The van der Waals surface area contributed by atoms with Crippen molar-refractivity contribution in [2.24, 2.45) is 0 Å². The van der Waals surface area contributed by atoms with E-state index in [9.17, 15) is 4.79 Å². The third-order valence-electron chi connectivity index (χ3n) is 4.96. The zero-order valence-electron chi connectivity index (χ0n) is 16.0. The molecule has 0 atom stereocenters. The van der Waals surface area contributed by atoms with Gasteiger partial charge in [-0.3, -0.25) is 4.79 Å². The summed E-state index contributed by atoms with van der Waals surface area (Å²) in [5.41, 5.74) is 5.61. The smallest absolute Gasteiger partial charge is 0.252 e. The molecule has 0 radical (unpaired) electrons. The minimum absolute atomic E-state index is 0.452. The Morgan fingerprint density at radius 2 is 1.67 bits per heavy atom. The number of carbonyl (C=O) groups is 1. The summed E-state index contributed by atoms with van der Waals surface area (Å²) in [4.78, 5) is 12.9. The molecule has 30 heavy (non-hydrogen) atoms. The van der Waals surface area contributed by atoms with Crippen LogP contribution in [0.1, 0.15) is 16.1 Å². The summed E-state index contributed by atoms with van der Waals surface area (Å²) in [6.07, 6.45) is 0. The van der Waals surface area contributed by atoms with Crippen molar-refractivity contribution < 1.29 is 9.21 Å². The van der Waals surface area contributed by atoms with Gasteiger partial charge in [-0.1, -0.05) is 42.5 Å². The Morgan fingerprint density at radius 3 is 2.40 bits per heavy atom. The topological polar surface area (TPSA) is 60.9 Å². The molecule has 2 heterocycles. The Kier molecular flexibility index (Phi) is 4.45. The first-order chi connectivity index (χ1) is 14.6. The van der Waals surface area contributed by atoms with Crippen LogP contribution in [0.5, 0.6) is 0 Å². The Morgan fingerprint density at radius 1 is 0.900 bits per heavy atom. The number of nitrogens with zero attached hydrogens (tertiary/aromatic N) is 3. The normalized spacial score (nSPS) is 11.1. The molecule has 6 heteroatoms. The van der Waals surface area contributed by atoms with Crippen LogP contribution in [0.3, 0.4) is 0 Å². The highest BCUT2D eigenvalue weighted by atomic mass is 35.5. The van der Waals surface area contributed by atoms with Crippen molar-refractivity contribution in [3.63, 3.8) is 0 Å². The van der Waals surface area contributed by atoms with Crippen LogP contribution in [0.4, 0.5) is 0 Å². The molecule has 0 saturated carbocycles. The van der Waals surface area contributed by atoms with Gasteiger partial charge >= 0.3 is 0 Å².